The van der Waals surface area contributed by atoms with E-state index in [1.54, 1.807) is 0 Å². The fourth-order valence-electron chi connectivity index (χ4n) is 2.85. The molecule has 1 aliphatic carbocycles. The first-order valence-corrected chi connectivity index (χ1v) is 6.85. The zero-order chi connectivity index (χ0) is 12.1. The molecule has 2 saturated heterocycles. The van der Waals surface area contributed by atoms with Crippen LogP contribution in [0.5, 0.6) is 0 Å². The summed E-state index contributed by atoms with van der Waals surface area (Å²) in [7, 11) is 0. The molecule has 0 radical (unpaired) electrons. The minimum atomic E-state index is 0. The van der Waals surface area contributed by atoms with Crippen molar-refractivity contribution in [1.29, 1.82) is 0 Å². The normalized spacial score (nSPS) is 24.4. The summed E-state index contributed by atoms with van der Waals surface area (Å²) in [6, 6.07) is 4.85. The Hall–Kier alpha value is -0.611. The topological polar surface area (TPSA) is 49.2 Å². The van der Waals surface area contributed by atoms with Gasteiger partial charge in [-0.3, -0.25) is 4.90 Å². The minimum Gasteiger partial charge on any atom is -0.482 e. The van der Waals surface area contributed by atoms with Gasteiger partial charge in [0.15, 0.2) is 0 Å². The van der Waals surface area contributed by atoms with Crippen molar-refractivity contribution in [2.24, 2.45) is 0 Å². The van der Waals surface area contributed by atoms with E-state index in [0.717, 1.165) is 32.0 Å². The number of pyridine rings is 1. The molecule has 4 nitrogen and oxygen atoms in total. The van der Waals surface area contributed by atoms with Gasteiger partial charge in [0.05, 0.1) is 19.3 Å². The summed E-state index contributed by atoms with van der Waals surface area (Å²) in [6.45, 7) is 4.06. The number of nitrogens with one attached hydrogen (secondary N) is 1. The van der Waals surface area contributed by atoms with Gasteiger partial charge in [0, 0.05) is 36.1 Å². The van der Waals surface area contributed by atoms with Gasteiger partial charge in [-0.15, -0.1) is 0 Å². The quantitative estimate of drug-likeness (QED) is 0.806. The summed E-state index contributed by atoms with van der Waals surface area (Å²) in [5.74, 6) is 1.69. The summed E-state index contributed by atoms with van der Waals surface area (Å²) in [5.41, 5.74) is 10.3. The number of nitrogens with zero attached hydrogens (tertiary/aromatic N) is 2. The van der Waals surface area contributed by atoms with E-state index in [1.807, 2.05) is 6.07 Å². The molecule has 0 atom stereocenters. The summed E-state index contributed by atoms with van der Waals surface area (Å²) < 4.78 is 5.23. The standard InChI is InChI=1S/C14H18N3O.Fe/c15-14-4-10(3-13(16-14)9-1-2-9)11-5-17(6-11)12-7-18-8-12;/h3-4,9,11-12H,1-2,5-8H2,(H-,15,16);/q-1;. The molecule has 0 spiro atoms. The third-order valence-electron chi connectivity index (χ3n) is 4.38. The maximum absolute atomic E-state index is 7.83. The Labute approximate surface area is 124 Å². The van der Waals surface area contributed by atoms with Crippen LogP contribution in [-0.2, 0) is 21.8 Å². The van der Waals surface area contributed by atoms with E-state index in [2.05, 4.69) is 16.0 Å². The van der Waals surface area contributed by atoms with Crippen molar-refractivity contribution in [3.63, 3.8) is 0 Å². The fourth-order valence-corrected chi connectivity index (χ4v) is 2.85. The number of hydrogen-bond acceptors (Lipinski definition) is 3. The van der Waals surface area contributed by atoms with Crippen LogP contribution >= 0.6 is 0 Å². The Morgan fingerprint density at radius 1 is 1.16 bits per heavy atom. The Kier molecular flexibility index (Phi) is 3.56. The van der Waals surface area contributed by atoms with E-state index in [9.17, 15) is 0 Å². The summed E-state index contributed by atoms with van der Waals surface area (Å²) >= 11 is 0. The SMILES string of the molecule is [Fe].[NH-]c1cc(C2CN(C3COC3)C2)cc(C2CC2)n1. The van der Waals surface area contributed by atoms with E-state index in [1.165, 1.54) is 18.4 Å². The van der Waals surface area contributed by atoms with Crippen LogP contribution in [0.25, 0.3) is 5.73 Å². The van der Waals surface area contributed by atoms with E-state index in [0.29, 0.717) is 23.7 Å². The Balaban J connectivity index is 0.00000110. The second kappa shape index (κ2) is 5.06. The largest absolute Gasteiger partial charge is 0.482 e. The van der Waals surface area contributed by atoms with Crippen LogP contribution in [-0.4, -0.2) is 42.2 Å². The molecule has 3 heterocycles. The van der Waals surface area contributed by atoms with Gasteiger partial charge >= 0.3 is 0 Å². The molecule has 4 rings (SSSR count). The molecule has 104 valence electrons. The van der Waals surface area contributed by atoms with Gasteiger partial charge < -0.3 is 15.5 Å². The molecule has 2 aliphatic heterocycles. The Bertz CT molecular complexity index is 468. The number of hydrogen-bond donors (Lipinski definition) is 0. The predicted octanol–water partition coefficient (Wildman–Crippen LogP) is 2.44. The molecule has 1 aromatic rings. The van der Waals surface area contributed by atoms with Crippen LogP contribution in [0.4, 0.5) is 5.82 Å². The van der Waals surface area contributed by atoms with Gasteiger partial charge in [-0.1, -0.05) is 23.6 Å². The first kappa shape index (κ1) is 13.4. The van der Waals surface area contributed by atoms with Crippen molar-refractivity contribution in [3.8, 4) is 0 Å². The third kappa shape index (κ3) is 2.52. The van der Waals surface area contributed by atoms with Crippen LogP contribution in [0.1, 0.15) is 35.9 Å². The van der Waals surface area contributed by atoms with E-state index in [4.69, 9.17) is 10.5 Å². The molecule has 5 heteroatoms. The fraction of sp³-hybridized carbons (Fsp3) is 0.643. The minimum absolute atomic E-state index is 0. The van der Waals surface area contributed by atoms with E-state index < -0.39 is 0 Å². The molecule has 19 heavy (non-hydrogen) atoms. The number of likely N-dealkylation sites (tertiary alicyclic amines) is 1. The van der Waals surface area contributed by atoms with Crippen LogP contribution in [0, 0.1) is 0 Å². The second-order valence-electron chi connectivity index (χ2n) is 5.83. The summed E-state index contributed by atoms with van der Waals surface area (Å²) in [6.07, 6.45) is 2.51. The predicted molar refractivity (Wildman–Crippen MR) is 69.1 cm³/mol. The van der Waals surface area contributed by atoms with E-state index >= 15 is 0 Å². The van der Waals surface area contributed by atoms with Crippen LogP contribution < -0.4 is 0 Å². The van der Waals surface area contributed by atoms with Gasteiger partial charge in [-0.25, -0.2) is 0 Å². The van der Waals surface area contributed by atoms with E-state index in [-0.39, 0.29) is 17.1 Å². The third-order valence-corrected chi connectivity index (χ3v) is 4.38. The Morgan fingerprint density at radius 3 is 2.47 bits per heavy atom. The molecular weight excluding hydrogens is 282 g/mol. The van der Waals surface area contributed by atoms with Crippen molar-refractivity contribution in [2.45, 2.75) is 30.7 Å². The smallest absolute Gasteiger partial charge is 0.0645 e. The van der Waals surface area contributed by atoms with Gasteiger partial charge in [0.1, 0.15) is 0 Å². The van der Waals surface area contributed by atoms with Gasteiger partial charge in [-0.2, -0.15) is 0 Å². The van der Waals surface area contributed by atoms with Gasteiger partial charge in [0.2, 0.25) is 0 Å². The maximum Gasteiger partial charge on any atom is 0.0645 e. The molecule has 3 aliphatic rings. The summed E-state index contributed by atoms with van der Waals surface area (Å²) in [4.78, 5) is 6.85. The maximum atomic E-state index is 7.83. The van der Waals surface area contributed by atoms with Crippen molar-refractivity contribution in [2.75, 3.05) is 26.3 Å². The molecule has 0 unspecified atom stereocenters. The molecule has 3 fully saturated rings. The number of ether oxygens (including phenoxy) is 1. The first-order valence-electron chi connectivity index (χ1n) is 6.85. The molecule has 1 N–H and O–H groups in total. The zero-order valence-electron chi connectivity index (χ0n) is 10.8. The van der Waals surface area contributed by atoms with Crippen molar-refractivity contribution < 1.29 is 21.8 Å². The number of aromatic nitrogens is 1. The zero-order valence-corrected chi connectivity index (χ0v) is 11.9. The van der Waals surface area contributed by atoms with Crippen molar-refractivity contribution in [1.82, 2.24) is 9.88 Å². The van der Waals surface area contributed by atoms with Crippen molar-refractivity contribution in [3.05, 3.63) is 29.1 Å². The second-order valence-corrected chi connectivity index (χ2v) is 5.83. The molecule has 1 saturated carbocycles. The van der Waals surface area contributed by atoms with Crippen LogP contribution in [0.3, 0.4) is 0 Å². The van der Waals surface area contributed by atoms with Gasteiger partial charge in [-0.05, 0) is 24.3 Å². The van der Waals surface area contributed by atoms with Gasteiger partial charge in [0.25, 0.3) is 0 Å². The average molecular weight is 300 g/mol. The van der Waals surface area contributed by atoms with Crippen LogP contribution in [0.2, 0.25) is 0 Å². The van der Waals surface area contributed by atoms with Crippen molar-refractivity contribution >= 4 is 5.82 Å². The monoisotopic (exact) mass is 300 g/mol. The Morgan fingerprint density at radius 2 is 1.89 bits per heavy atom. The molecule has 1 aromatic heterocycles. The average Bonchev–Trinajstić information content (AvgIpc) is 3.02. The van der Waals surface area contributed by atoms with Crippen LogP contribution in [0.15, 0.2) is 12.1 Å². The molecule has 0 aromatic carbocycles. The molecular formula is C14H18FeN3O-. The number of rotatable bonds is 3. The summed E-state index contributed by atoms with van der Waals surface area (Å²) in [5, 5.41) is 0. The molecule has 0 amide bonds. The molecule has 0 bridgehead atoms. The first-order chi connectivity index (χ1) is 8.79.